The van der Waals surface area contributed by atoms with E-state index < -0.39 is 5.60 Å². The maximum atomic E-state index is 11.7. The molecule has 0 radical (unpaired) electrons. The molecule has 0 saturated carbocycles. The molecule has 1 saturated heterocycles. The van der Waals surface area contributed by atoms with Crippen LogP contribution in [-0.4, -0.2) is 40.5 Å². The van der Waals surface area contributed by atoms with Gasteiger partial charge in [0.1, 0.15) is 5.78 Å². The first-order chi connectivity index (χ1) is 6.96. The third-order valence-electron chi connectivity index (χ3n) is 3.39. The van der Waals surface area contributed by atoms with Gasteiger partial charge >= 0.3 is 0 Å². The van der Waals surface area contributed by atoms with E-state index in [1.807, 2.05) is 20.8 Å². The third-order valence-corrected chi connectivity index (χ3v) is 3.39. The maximum Gasteiger partial charge on any atom is 0.149 e. The van der Waals surface area contributed by atoms with Gasteiger partial charge in [-0.2, -0.15) is 0 Å². The van der Waals surface area contributed by atoms with Crippen LogP contribution in [0.5, 0.6) is 0 Å². The van der Waals surface area contributed by atoms with Crippen LogP contribution >= 0.6 is 0 Å². The first-order valence-corrected chi connectivity index (χ1v) is 5.95. The normalized spacial score (nSPS) is 23.7. The second-order valence-electron chi connectivity index (χ2n) is 4.93. The van der Waals surface area contributed by atoms with Crippen LogP contribution in [0.2, 0.25) is 0 Å². The van der Waals surface area contributed by atoms with Crippen LogP contribution in [0.4, 0.5) is 0 Å². The molecule has 0 aromatic heterocycles. The standard InChI is InChI=1S/C12H23NO2/c1-4-5-11(14)10(2)13-8-6-12(3,15)7-9-13/h10,15H,4-9H2,1-3H3/t10-/m1/s1. The molecule has 1 fully saturated rings. The lowest BCUT2D eigenvalue weighted by molar-refractivity contribution is -0.125. The Morgan fingerprint density at radius 1 is 1.47 bits per heavy atom. The fourth-order valence-corrected chi connectivity index (χ4v) is 2.05. The molecule has 1 atom stereocenters. The Morgan fingerprint density at radius 3 is 2.47 bits per heavy atom. The van der Waals surface area contributed by atoms with Crippen LogP contribution in [-0.2, 0) is 4.79 Å². The number of aliphatic hydroxyl groups is 1. The fraction of sp³-hybridized carbons (Fsp3) is 0.917. The summed E-state index contributed by atoms with van der Waals surface area (Å²) in [6, 6.07) is 0.0287. The molecule has 0 spiro atoms. The largest absolute Gasteiger partial charge is 0.390 e. The van der Waals surface area contributed by atoms with E-state index in [0.29, 0.717) is 12.2 Å². The van der Waals surface area contributed by atoms with Crippen molar-refractivity contribution in [1.82, 2.24) is 4.90 Å². The van der Waals surface area contributed by atoms with Crippen molar-refractivity contribution >= 4 is 5.78 Å². The van der Waals surface area contributed by atoms with Gasteiger partial charge in [0.2, 0.25) is 0 Å². The Morgan fingerprint density at radius 2 is 2.00 bits per heavy atom. The first-order valence-electron chi connectivity index (χ1n) is 5.95. The zero-order valence-electron chi connectivity index (χ0n) is 10.1. The van der Waals surface area contributed by atoms with E-state index in [9.17, 15) is 9.90 Å². The molecule has 1 heterocycles. The third kappa shape index (κ3) is 3.58. The minimum absolute atomic E-state index is 0.0287. The van der Waals surface area contributed by atoms with Crippen LogP contribution in [0, 0.1) is 0 Å². The molecule has 1 rings (SSSR count). The van der Waals surface area contributed by atoms with Crippen LogP contribution in [0.1, 0.15) is 46.5 Å². The average molecular weight is 213 g/mol. The highest BCUT2D eigenvalue weighted by Gasteiger charge is 2.31. The summed E-state index contributed by atoms with van der Waals surface area (Å²) in [5, 5.41) is 9.80. The molecule has 0 aliphatic carbocycles. The highest BCUT2D eigenvalue weighted by Crippen LogP contribution is 2.22. The van der Waals surface area contributed by atoms with Crippen LogP contribution < -0.4 is 0 Å². The molecule has 88 valence electrons. The summed E-state index contributed by atoms with van der Waals surface area (Å²) < 4.78 is 0. The molecule has 1 aliphatic heterocycles. The number of ketones is 1. The maximum absolute atomic E-state index is 11.7. The molecule has 3 nitrogen and oxygen atoms in total. The molecule has 0 bridgehead atoms. The quantitative estimate of drug-likeness (QED) is 0.771. The van der Waals surface area contributed by atoms with Crippen LogP contribution in [0.3, 0.4) is 0 Å². The lowest BCUT2D eigenvalue weighted by atomic mass is 9.92. The van der Waals surface area contributed by atoms with E-state index in [-0.39, 0.29) is 6.04 Å². The van der Waals surface area contributed by atoms with Gasteiger partial charge in [-0.25, -0.2) is 0 Å². The molecule has 0 amide bonds. The number of Topliss-reactive ketones (excluding diaryl/α,β-unsaturated/α-hetero) is 1. The topological polar surface area (TPSA) is 40.5 Å². The minimum Gasteiger partial charge on any atom is -0.390 e. The molecule has 3 heteroatoms. The van der Waals surface area contributed by atoms with Crippen molar-refractivity contribution < 1.29 is 9.90 Å². The number of likely N-dealkylation sites (tertiary alicyclic amines) is 1. The van der Waals surface area contributed by atoms with E-state index in [0.717, 1.165) is 32.4 Å². The number of nitrogens with zero attached hydrogens (tertiary/aromatic N) is 1. The Balaban J connectivity index is 2.42. The second-order valence-corrected chi connectivity index (χ2v) is 4.93. The number of hydrogen-bond donors (Lipinski definition) is 1. The van der Waals surface area contributed by atoms with E-state index in [1.54, 1.807) is 0 Å². The van der Waals surface area contributed by atoms with Gasteiger partial charge in [0.05, 0.1) is 11.6 Å². The molecule has 0 aromatic carbocycles. The number of rotatable bonds is 4. The SMILES string of the molecule is CCCC(=O)[C@@H](C)N1CCC(C)(O)CC1. The summed E-state index contributed by atoms with van der Waals surface area (Å²) in [4.78, 5) is 13.9. The zero-order chi connectivity index (χ0) is 11.5. The number of hydrogen-bond acceptors (Lipinski definition) is 3. The molecule has 1 N–H and O–H groups in total. The van der Waals surface area contributed by atoms with Gasteiger partial charge in [-0.05, 0) is 33.1 Å². The molecule has 0 aromatic rings. The monoisotopic (exact) mass is 213 g/mol. The summed E-state index contributed by atoms with van der Waals surface area (Å²) in [6.45, 7) is 7.57. The smallest absolute Gasteiger partial charge is 0.149 e. The van der Waals surface area contributed by atoms with Gasteiger partial charge in [-0.3, -0.25) is 9.69 Å². The van der Waals surface area contributed by atoms with Crippen molar-refractivity contribution in [1.29, 1.82) is 0 Å². The molecular formula is C12H23NO2. The summed E-state index contributed by atoms with van der Waals surface area (Å²) in [6.07, 6.45) is 3.15. The molecule has 0 unspecified atom stereocenters. The number of carbonyl (C=O) groups is 1. The average Bonchev–Trinajstić information content (AvgIpc) is 2.17. The van der Waals surface area contributed by atoms with E-state index in [4.69, 9.17) is 0 Å². The highest BCUT2D eigenvalue weighted by atomic mass is 16.3. The second kappa shape index (κ2) is 5.08. The Hall–Kier alpha value is -0.410. The predicted molar refractivity (Wildman–Crippen MR) is 60.8 cm³/mol. The highest BCUT2D eigenvalue weighted by molar-refractivity contribution is 5.83. The van der Waals surface area contributed by atoms with Crippen molar-refractivity contribution in [2.24, 2.45) is 0 Å². The van der Waals surface area contributed by atoms with Crippen LogP contribution in [0.15, 0.2) is 0 Å². The summed E-state index contributed by atoms with van der Waals surface area (Å²) in [5.74, 6) is 0.332. The summed E-state index contributed by atoms with van der Waals surface area (Å²) >= 11 is 0. The van der Waals surface area contributed by atoms with E-state index in [1.165, 1.54) is 0 Å². The van der Waals surface area contributed by atoms with Crippen molar-refractivity contribution in [3.8, 4) is 0 Å². The van der Waals surface area contributed by atoms with Crippen LogP contribution in [0.25, 0.3) is 0 Å². The summed E-state index contributed by atoms with van der Waals surface area (Å²) in [7, 11) is 0. The minimum atomic E-state index is -0.524. The van der Waals surface area contributed by atoms with Crippen molar-refractivity contribution in [3.05, 3.63) is 0 Å². The number of piperidine rings is 1. The zero-order valence-corrected chi connectivity index (χ0v) is 10.1. The molecule has 15 heavy (non-hydrogen) atoms. The lowest BCUT2D eigenvalue weighted by Crippen LogP contribution is -2.48. The Kier molecular flexibility index (Phi) is 4.29. The van der Waals surface area contributed by atoms with E-state index >= 15 is 0 Å². The van der Waals surface area contributed by atoms with Gasteiger partial charge in [-0.15, -0.1) is 0 Å². The van der Waals surface area contributed by atoms with Gasteiger partial charge in [-0.1, -0.05) is 6.92 Å². The molecular weight excluding hydrogens is 190 g/mol. The Bertz CT molecular complexity index is 216. The number of carbonyl (C=O) groups excluding carboxylic acids is 1. The van der Waals surface area contributed by atoms with E-state index in [2.05, 4.69) is 4.90 Å². The summed E-state index contributed by atoms with van der Waals surface area (Å²) in [5.41, 5.74) is -0.524. The van der Waals surface area contributed by atoms with Gasteiger partial charge in [0.25, 0.3) is 0 Å². The fourth-order valence-electron chi connectivity index (χ4n) is 2.05. The lowest BCUT2D eigenvalue weighted by Gasteiger charge is -2.38. The first kappa shape index (κ1) is 12.7. The van der Waals surface area contributed by atoms with Crippen molar-refractivity contribution in [2.45, 2.75) is 58.1 Å². The van der Waals surface area contributed by atoms with Gasteiger partial charge < -0.3 is 5.11 Å². The molecule has 1 aliphatic rings. The predicted octanol–water partition coefficient (Wildman–Crippen LogP) is 1.59. The van der Waals surface area contributed by atoms with Crippen molar-refractivity contribution in [3.63, 3.8) is 0 Å². The van der Waals surface area contributed by atoms with Gasteiger partial charge in [0.15, 0.2) is 0 Å². The van der Waals surface area contributed by atoms with Crippen molar-refractivity contribution in [2.75, 3.05) is 13.1 Å². The Labute approximate surface area is 92.5 Å². The van der Waals surface area contributed by atoms with Gasteiger partial charge in [0, 0.05) is 19.5 Å².